The van der Waals surface area contributed by atoms with Crippen LogP contribution >= 0.6 is 0 Å². The number of methoxy groups -OCH3 is 1. The first-order valence-corrected chi connectivity index (χ1v) is 10.5. The first kappa shape index (κ1) is 20.7. The van der Waals surface area contributed by atoms with Gasteiger partial charge in [0.1, 0.15) is 5.75 Å². The van der Waals surface area contributed by atoms with Crippen molar-refractivity contribution in [3.8, 4) is 11.8 Å². The number of hydrogen-bond donors (Lipinski definition) is 1. The van der Waals surface area contributed by atoms with Gasteiger partial charge in [-0.15, -0.1) is 0 Å². The van der Waals surface area contributed by atoms with Crippen molar-refractivity contribution < 1.29 is 9.53 Å². The predicted octanol–water partition coefficient (Wildman–Crippen LogP) is 4.65. The Kier molecular flexibility index (Phi) is 5.56. The molecule has 0 fully saturated rings. The van der Waals surface area contributed by atoms with E-state index in [2.05, 4.69) is 11.4 Å². The van der Waals surface area contributed by atoms with Crippen molar-refractivity contribution in [3.63, 3.8) is 0 Å². The summed E-state index contributed by atoms with van der Waals surface area (Å²) in [5.41, 5.74) is 6.31. The van der Waals surface area contributed by atoms with E-state index in [0.29, 0.717) is 12.0 Å². The van der Waals surface area contributed by atoms with Crippen LogP contribution in [0.2, 0.25) is 0 Å². The fourth-order valence-corrected chi connectivity index (χ4v) is 4.60. The average Bonchev–Trinajstić information content (AvgIpc) is 2.78. The number of ether oxygens (including phenoxy) is 1. The van der Waals surface area contributed by atoms with Crippen LogP contribution in [0.3, 0.4) is 0 Å². The highest BCUT2D eigenvalue weighted by Crippen LogP contribution is 2.45. The van der Waals surface area contributed by atoms with E-state index < -0.39 is 0 Å². The number of carbonyl (C=O) groups is 1. The van der Waals surface area contributed by atoms with E-state index in [4.69, 9.17) is 4.74 Å². The molecule has 0 saturated heterocycles. The summed E-state index contributed by atoms with van der Waals surface area (Å²) >= 11 is 0. The Morgan fingerprint density at radius 3 is 2.26 bits per heavy atom. The highest BCUT2D eigenvalue weighted by molar-refractivity contribution is 6.00. The second kappa shape index (κ2) is 8.31. The summed E-state index contributed by atoms with van der Waals surface area (Å²) in [4.78, 5) is 15.4. The van der Waals surface area contributed by atoms with Gasteiger partial charge in [0.25, 0.3) is 0 Å². The van der Waals surface area contributed by atoms with Crippen molar-refractivity contribution in [1.29, 1.82) is 5.26 Å². The number of Topliss-reactive ketones (excluding diaryl/α,β-unsaturated/α-hetero) is 1. The molecule has 5 nitrogen and oxygen atoms in total. The molecule has 0 amide bonds. The summed E-state index contributed by atoms with van der Waals surface area (Å²) in [6.07, 6.45) is 1.19. The van der Waals surface area contributed by atoms with Gasteiger partial charge in [-0.25, -0.2) is 0 Å². The van der Waals surface area contributed by atoms with Crippen LogP contribution in [-0.4, -0.2) is 27.0 Å². The summed E-state index contributed by atoms with van der Waals surface area (Å²) in [7, 11) is 5.64. The minimum atomic E-state index is -0.318. The zero-order chi connectivity index (χ0) is 22.1. The molecule has 0 bridgehead atoms. The Labute approximate surface area is 183 Å². The number of hydrogen-bond acceptors (Lipinski definition) is 5. The molecule has 0 aromatic heterocycles. The zero-order valence-electron chi connectivity index (χ0n) is 18.4. The minimum absolute atomic E-state index is 0.108. The summed E-state index contributed by atoms with van der Waals surface area (Å²) in [5, 5.41) is 13.3. The van der Waals surface area contributed by atoms with Crippen molar-refractivity contribution in [2.75, 3.05) is 26.1 Å². The third kappa shape index (κ3) is 3.82. The molecule has 1 aliphatic carbocycles. The largest absolute Gasteiger partial charge is 0.497 e. The highest BCUT2D eigenvalue weighted by Gasteiger charge is 2.38. The molecule has 5 heteroatoms. The molecular formula is C26H27N3O2. The molecule has 2 aliphatic rings. The van der Waals surface area contributed by atoms with E-state index in [0.717, 1.165) is 46.0 Å². The average molecular weight is 414 g/mol. The summed E-state index contributed by atoms with van der Waals surface area (Å²) < 4.78 is 5.26. The first-order chi connectivity index (χ1) is 14.9. The lowest BCUT2D eigenvalue weighted by molar-refractivity contribution is -0.116. The molecule has 158 valence electrons. The van der Waals surface area contributed by atoms with E-state index >= 15 is 0 Å². The molecule has 1 heterocycles. The number of nitrogens with one attached hydrogen (secondary N) is 1. The molecule has 2 atom stereocenters. The Hall–Kier alpha value is -3.52. The lowest BCUT2D eigenvalue weighted by atomic mass is 9.72. The van der Waals surface area contributed by atoms with Crippen molar-refractivity contribution in [2.24, 2.45) is 0 Å². The zero-order valence-corrected chi connectivity index (χ0v) is 18.4. The molecule has 0 saturated carbocycles. The van der Waals surface area contributed by atoms with Gasteiger partial charge in [0.2, 0.25) is 0 Å². The lowest BCUT2D eigenvalue weighted by Gasteiger charge is -2.35. The molecule has 31 heavy (non-hydrogen) atoms. The Balaban J connectivity index is 1.72. The maximum absolute atomic E-state index is 13.4. The van der Waals surface area contributed by atoms with Gasteiger partial charge < -0.3 is 15.0 Å². The third-order valence-corrected chi connectivity index (χ3v) is 6.28. The Morgan fingerprint density at radius 2 is 1.68 bits per heavy atom. The number of nitrogens with zero attached hydrogens (tertiary/aromatic N) is 2. The molecule has 2 aromatic rings. The number of dihydropyridines is 1. The van der Waals surface area contributed by atoms with Crippen molar-refractivity contribution in [2.45, 2.75) is 31.6 Å². The van der Waals surface area contributed by atoms with Crippen molar-refractivity contribution in [3.05, 3.63) is 82.2 Å². The second-order valence-corrected chi connectivity index (χ2v) is 8.39. The fourth-order valence-electron chi connectivity index (χ4n) is 4.60. The van der Waals surface area contributed by atoms with Crippen LogP contribution in [0.25, 0.3) is 0 Å². The normalized spacial score (nSPS) is 20.7. The number of ketones is 1. The maximum atomic E-state index is 13.4. The number of rotatable bonds is 4. The van der Waals surface area contributed by atoms with Crippen LogP contribution in [-0.2, 0) is 4.79 Å². The van der Waals surface area contributed by atoms with E-state index in [1.807, 2.05) is 74.4 Å². The number of allylic oxidation sites excluding steroid dienone is 4. The molecular weight excluding hydrogens is 386 g/mol. The highest BCUT2D eigenvalue weighted by atomic mass is 16.5. The summed E-state index contributed by atoms with van der Waals surface area (Å²) in [6.45, 7) is 1.92. The predicted molar refractivity (Wildman–Crippen MR) is 122 cm³/mol. The van der Waals surface area contributed by atoms with Gasteiger partial charge in [0.15, 0.2) is 5.78 Å². The van der Waals surface area contributed by atoms with Crippen LogP contribution in [0.5, 0.6) is 5.75 Å². The molecule has 2 aromatic carbocycles. The molecule has 4 rings (SSSR count). The lowest BCUT2D eigenvalue weighted by Crippen LogP contribution is -2.33. The van der Waals surface area contributed by atoms with Gasteiger partial charge in [-0.2, -0.15) is 5.26 Å². The van der Waals surface area contributed by atoms with Gasteiger partial charge in [0, 0.05) is 43.2 Å². The van der Waals surface area contributed by atoms with Crippen molar-refractivity contribution >= 4 is 11.5 Å². The Morgan fingerprint density at radius 1 is 1.03 bits per heavy atom. The maximum Gasteiger partial charge on any atom is 0.162 e. The van der Waals surface area contributed by atoms with Gasteiger partial charge >= 0.3 is 0 Å². The number of nitriles is 1. The fraction of sp³-hybridized carbons (Fsp3) is 0.308. The number of carbonyl (C=O) groups excluding carboxylic acids is 1. The van der Waals surface area contributed by atoms with Gasteiger partial charge in [0.05, 0.1) is 24.7 Å². The van der Waals surface area contributed by atoms with Gasteiger partial charge in [-0.3, -0.25) is 4.79 Å². The quantitative estimate of drug-likeness (QED) is 0.791. The smallest absolute Gasteiger partial charge is 0.162 e. The standard InChI is InChI=1S/C26H27N3O2/c1-16-22(15-27)25(18-5-9-20(10-6-18)29(2)3)26-23(28-16)13-19(14-24(26)30)17-7-11-21(31-4)12-8-17/h5-12,19,25,28H,13-14H2,1-4H3/t19-,25+/m0/s1. The molecule has 0 unspecified atom stereocenters. The van der Waals surface area contributed by atoms with Crippen LogP contribution in [0.4, 0.5) is 5.69 Å². The molecule has 1 aliphatic heterocycles. The SMILES string of the molecule is COc1ccc([C@@H]2CC(=O)C3=C(C2)NC(C)=C(C#N)[C@H]3c2ccc(N(C)C)cc2)cc1. The van der Waals surface area contributed by atoms with Crippen LogP contribution in [0.15, 0.2) is 71.1 Å². The van der Waals surface area contributed by atoms with Crippen molar-refractivity contribution in [1.82, 2.24) is 5.32 Å². The topological polar surface area (TPSA) is 65.4 Å². The van der Waals surface area contributed by atoms with E-state index in [1.54, 1.807) is 7.11 Å². The summed E-state index contributed by atoms with van der Waals surface area (Å²) in [6, 6.07) is 18.4. The molecule has 0 radical (unpaired) electrons. The summed E-state index contributed by atoms with van der Waals surface area (Å²) in [5.74, 6) is 0.705. The first-order valence-electron chi connectivity index (χ1n) is 10.5. The second-order valence-electron chi connectivity index (χ2n) is 8.39. The van der Waals surface area contributed by atoms with Gasteiger partial charge in [-0.1, -0.05) is 24.3 Å². The van der Waals surface area contributed by atoms with E-state index in [1.165, 1.54) is 0 Å². The Bertz CT molecular complexity index is 1100. The van der Waals surface area contributed by atoms with E-state index in [9.17, 15) is 10.1 Å². The van der Waals surface area contributed by atoms with Crippen LogP contribution < -0.4 is 15.0 Å². The number of anilines is 1. The monoisotopic (exact) mass is 413 g/mol. The van der Waals surface area contributed by atoms with Crippen LogP contribution in [0, 0.1) is 11.3 Å². The minimum Gasteiger partial charge on any atom is -0.497 e. The van der Waals surface area contributed by atoms with Crippen LogP contribution in [0.1, 0.15) is 42.7 Å². The van der Waals surface area contributed by atoms with Gasteiger partial charge in [-0.05, 0) is 54.7 Å². The molecule has 1 N–H and O–H groups in total. The molecule has 0 spiro atoms. The van der Waals surface area contributed by atoms with E-state index in [-0.39, 0.29) is 17.6 Å². The number of benzene rings is 2. The third-order valence-electron chi connectivity index (χ3n) is 6.28.